The lowest BCUT2D eigenvalue weighted by molar-refractivity contribution is 0.868. The molecule has 3 nitrogen and oxygen atoms in total. The summed E-state index contributed by atoms with van der Waals surface area (Å²) < 4.78 is 0. The van der Waals surface area contributed by atoms with E-state index >= 15 is 0 Å². The number of aromatic nitrogens is 1. The fourth-order valence-corrected chi connectivity index (χ4v) is 2.49. The quantitative estimate of drug-likeness (QED) is 0.816. The average Bonchev–Trinajstić information content (AvgIpc) is 2.69. The van der Waals surface area contributed by atoms with Gasteiger partial charge in [0.15, 0.2) is 0 Å². The second kappa shape index (κ2) is 4.75. The van der Waals surface area contributed by atoms with Crippen LogP contribution in [0.5, 0.6) is 0 Å². The number of anilines is 2. The molecule has 90 valence electrons. The van der Waals surface area contributed by atoms with Gasteiger partial charge in [-0.15, -0.1) is 11.3 Å². The fraction of sp³-hybridized carbons (Fsp3) is 0.308. The second-order valence-corrected chi connectivity index (χ2v) is 5.52. The Kier molecular flexibility index (Phi) is 3.33. The lowest BCUT2D eigenvalue weighted by Crippen LogP contribution is -2.07. The van der Waals surface area contributed by atoms with E-state index in [0.717, 1.165) is 21.9 Å². The Morgan fingerprint density at radius 3 is 2.71 bits per heavy atom. The normalized spacial score (nSPS) is 12.4. The van der Waals surface area contributed by atoms with Crippen LogP contribution in [0.1, 0.15) is 28.4 Å². The predicted molar refractivity (Wildman–Crippen MR) is 74.5 cm³/mol. The average molecular weight is 247 g/mol. The number of benzene rings is 1. The molecule has 0 aliphatic carbocycles. The number of nitrogens with one attached hydrogen (secondary N) is 1. The summed E-state index contributed by atoms with van der Waals surface area (Å²) in [7, 11) is 0. The number of nitrogen functional groups attached to an aromatic ring is 1. The fourth-order valence-electron chi connectivity index (χ4n) is 1.72. The molecule has 0 saturated carbocycles. The molecule has 0 aliphatic heterocycles. The van der Waals surface area contributed by atoms with Crippen LogP contribution in [0.2, 0.25) is 0 Å². The van der Waals surface area contributed by atoms with Crippen LogP contribution in [0.4, 0.5) is 11.4 Å². The second-order valence-electron chi connectivity index (χ2n) is 4.25. The Morgan fingerprint density at radius 2 is 2.12 bits per heavy atom. The van der Waals surface area contributed by atoms with E-state index < -0.39 is 0 Å². The van der Waals surface area contributed by atoms with Gasteiger partial charge in [-0.3, -0.25) is 0 Å². The first-order valence-electron chi connectivity index (χ1n) is 5.61. The first-order valence-corrected chi connectivity index (χ1v) is 6.43. The van der Waals surface area contributed by atoms with Crippen LogP contribution >= 0.6 is 11.3 Å². The minimum absolute atomic E-state index is 0.219. The zero-order valence-electron chi connectivity index (χ0n) is 10.3. The largest absolute Gasteiger partial charge is 0.399 e. The molecular weight excluding hydrogens is 230 g/mol. The highest BCUT2D eigenvalue weighted by atomic mass is 32.1. The lowest BCUT2D eigenvalue weighted by Gasteiger charge is -2.15. The molecule has 0 amide bonds. The number of nitrogens with two attached hydrogens (primary N) is 1. The molecule has 2 rings (SSSR count). The van der Waals surface area contributed by atoms with Crippen LogP contribution < -0.4 is 11.1 Å². The molecule has 17 heavy (non-hydrogen) atoms. The van der Waals surface area contributed by atoms with E-state index in [4.69, 9.17) is 5.73 Å². The van der Waals surface area contributed by atoms with Gasteiger partial charge in [0.2, 0.25) is 0 Å². The maximum atomic E-state index is 5.73. The van der Waals surface area contributed by atoms with E-state index in [2.05, 4.69) is 31.1 Å². The van der Waals surface area contributed by atoms with Crippen LogP contribution in [0.3, 0.4) is 0 Å². The van der Waals surface area contributed by atoms with E-state index in [-0.39, 0.29) is 6.04 Å². The van der Waals surface area contributed by atoms with Gasteiger partial charge in [0.05, 0.1) is 6.04 Å². The molecule has 0 fully saturated rings. The Morgan fingerprint density at radius 1 is 1.35 bits per heavy atom. The first kappa shape index (κ1) is 11.9. The van der Waals surface area contributed by atoms with Crippen LogP contribution in [0.15, 0.2) is 24.4 Å². The molecule has 0 aliphatic rings. The lowest BCUT2D eigenvalue weighted by atomic mass is 10.1. The van der Waals surface area contributed by atoms with Crippen molar-refractivity contribution in [3.63, 3.8) is 0 Å². The van der Waals surface area contributed by atoms with Crippen molar-refractivity contribution >= 4 is 22.7 Å². The third-order valence-electron chi connectivity index (χ3n) is 2.63. The molecule has 0 saturated heterocycles. The summed E-state index contributed by atoms with van der Waals surface area (Å²) >= 11 is 1.73. The van der Waals surface area contributed by atoms with Gasteiger partial charge < -0.3 is 11.1 Å². The minimum atomic E-state index is 0.219. The Balaban J connectivity index is 2.15. The zero-order chi connectivity index (χ0) is 12.4. The molecule has 1 heterocycles. The maximum absolute atomic E-state index is 5.73. The number of aryl methyl sites for hydroxylation is 2. The van der Waals surface area contributed by atoms with E-state index in [0.29, 0.717) is 0 Å². The van der Waals surface area contributed by atoms with Gasteiger partial charge in [0, 0.05) is 22.4 Å². The van der Waals surface area contributed by atoms with Crippen LogP contribution in [-0.2, 0) is 0 Å². The molecule has 1 aromatic carbocycles. The van der Waals surface area contributed by atoms with Gasteiger partial charge in [-0.1, -0.05) is 0 Å². The van der Waals surface area contributed by atoms with E-state index in [1.807, 2.05) is 24.4 Å². The van der Waals surface area contributed by atoms with Gasteiger partial charge in [0.25, 0.3) is 0 Å². The third-order valence-corrected chi connectivity index (χ3v) is 3.73. The summed E-state index contributed by atoms with van der Waals surface area (Å²) in [5.41, 5.74) is 8.80. The molecule has 1 unspecified atom stereocenters. The van der Waals surface area contributed by atoms with Gasteiger partial charge in [0.1, 0.15) is 5.01 Å². The van der Waals surface area contributed by atoms with Crippen molar-refractivity contribution in [1.82, 2.24) is 4.98 Å². The minimum Gasteiger partial charge on any atom is -0.399 e. The summed E-state index contributed by atoms with van der Waals surface area (Å²) in [6, 6.07) is 6.12. The summed E-state index contributed by atoms with van der Waals surface area (Å²) in [6.45, 7) is 6.24. The summed E-state index contributed by atoms with van der Waals surface area (Å²) in [5.74, 6) is 0. The van der Waals surface area contributed by atoms with Gasteiger partial charge in [-0.25, -0.2) is 4.98 Å². The molecule has 4 heteroatoms. The Bertz CT molecular complexity index is 519. The van der Waals surface area contributed by atoms with Crippen molar-refractivity contribution in [2.24, 2.45) is 0 Å². The molecule has 1 atom stereocenters. The van der Waals surface area contributed by atoms with Crippen LogP contribution in [0, 0.1) is 13.8 Å². The predicted octanol–water partition coefficient (Wildman–Crippen LogP) is 3.52. The SMILES string of the molecule is Cc1cnc(C(C)Nc2ccc(N)cc2C)s1. The first-order chi connectivity index (χ1) is 8.06. The number of hydrogen-bond donors (Lipinski definition) is 2. The van der Waals surface area contributed by atoms with Crippen LogP contribution in [0.25, 0.3) is 0 Å². The zero-order valence-corrected chi connectivity index (χ0v) is 11.1. The topological polar surface area (TPSA) is 50.9 Å². The Hall–Kier alpha value is -1.55. The van der Waals surface area contributed by atoms with Gasteiger partial charge >= 0.3 is 0 Å². The van der Waals surface area contributed by atoms with Crippen molar-refractivity contribution in [1.29, 1.82) is 0 Å². The number of hydrogen-bond acceptors (Lipinski definition) is 4. The summed E-state index contributed by atoms with van der Waals surface area (Å²) in [5, 5.41) is 4.57. The number of thiazole rings is 1. The summed E-state index contributed by atoms with van der Waals surface area (Å²) in [6.07, 6.45) is 1.91. The van der Waals surface area contributed by atoms with Gasteiger partial charge in [-0.2, -0.15) is 0 Å². The summed E-state index contributed by atoms with van der Waals surface area (Å²) in [4.78, 5) is 5.63. The molecule has 3 N–H and O–H groups in total. The third kappa shape index (κ3) is 2.77. The standard InChI is InChI=1S/C13H17N3S/c1-8-6-11(14)4-5-12(8)16-10(3)13-15-7-9(2)17-13/h4-7,10,16H,14H2,1-3H3. The Labute approximate surface area is 106 Å². The van der Waals surface area contributed by atoms with Crippen molar-refractivity contribution in [2.75, 3.05) is 11.1 Å². The van der Waals surface area contributed by atoms with Crippen molar-refractivity contribution in [2.45, 2.75) is 26.8 Å². The van der Waals surface area contributed by atoms with E-state index in [1.165, 1.54) is 4.88 Å². The molecular formula is C13H17N3S. The number of nitrogens with zero attached hydrogens (tertiary/aromatic N) is 1. The molecule has 0 bridgehead atoms. The molecule has 2 aromatic rings. The highest BCUT2D eigenvalue weighted by Gasteiger charge is 2.10. The molecule has 1 aromatic heterocycles. The van der Waals surface area contributed by atoms with E-state index in [9.17, 15) is 0 Å². The molecule has 0 spiro atoms. The van der Waals surface area contributed by atoms with Crippen molar-refractivity contribution < 1.29 is 0 Å². The van der Waals surface area contributed by atoms with Gasteiger partial charge in [-0.05, 0) is 44.5 Å². The highest BCUT2D eigenvalue weighted by molar-refractivity contribution is 7.11. The monoisotopic (exact) mass is 247 g/mol. The van der Waals surface area contributed by atoms with E-state index in [1.54, 1.807) is 11.3 Å². The molecule has 0 radical (unpaired) electrons. The van der Waals surface area contributed by atoms with Crippen molar-refractivity contribution in [3.8, 4) is 0 Å². The smallest absolute Gasteiger partial charge is 0.115 e. The highest BCUT2D eigenvalue weighted by Crippen LogP contribution is 2.25. The maximum Gasteiger partial charge on any atom is 0.115 e. The van der Waals surface area contributed by atoms with Crippen molar-refractivity contribution in [3.05, 3.63) is 39.8 Å². The van der Waals surface area contributed by atoms with Crippen LogP contribution in [-0.4, -0.2) is 4.98 Å². The number of rotatable bonds is 3.